The Labute approximate surface area is 149 Å². The number of benzene rings is 2. The maximum atomic E-state index is 12.2. The van der Waals surface area contributed by atoms with Gasteiger partial charge in [-0.25, -0.2) is 4.79 Å². The van der Waals surface area contributed by atoms with Crippen LogP contribution in [-0.2, 0) is 4.74 Å². The van der Waals surface area contributed by atoms with Gasteiger partial charge in [-0.05, 0) is 53.9 Å². The Morgan fingerprint density at radius 2 is 1.52 bits per heavy atom. The van der Waals surface area contributed by atoms with E-state index in [1.54, 1.807) is 0 Å². The van der Waals surface area contributed by atoms with Gasteiger partial charge in [0.15, 0.2) is 0 Å². The third kappa shape index (κ3) is 3.28. The molecule has 130 valence electrons. The summed E-state index contributed by atoms with van der Waals surface area (Å²) in [7, 11) is 0. The Morgan fingerprint density at radius 3 is 2.12 bits per heavy atom. The molecule has 0 radical (unpaired) electrons. The summed E-state index contributed by atoms with van der Waals surface area (Å²) in [4.78, 5) is 12.2. The summed E-state index contributed by atoms with van der Waals surface area (Å²) < 4.78 is 5.62. The van der Waals surface area contributed by atoms with Gasteiger partial charge in [0.05, 0.1) is 0 Å². The van der Waals surface area contributed by atoms with Crippen molar-refractivity contribution in [3.05, 3.63) is 59.7 Å². The molecule has 25 heavy (non-hydrogen) atoms. The molecule has 2 aliphatic carbocycles. The van der Waals surface area contributed by atoms with Crippen molar-refractivity contribution in [1.29, 1.82) is 0 Å². The zero-order chi connectivity index (χ0) is 17.2. The summed E-state index contributed by atoms with van der Waals surface area (Å²) in [6.45, 7) is 2.67. The first kappa shape index (κ1) is 16.2. The predicted octanol–water partition coefficient (Wildman–Crippen LogP) is 5.10. The fourth-order valence-electron chi connectivity index (χ4n) is 4.21. The Balaban J connectivity index is 1.42. The normalized spacial score (nSPS) is 22.1. The van der Waals surface area contributed by atoms with Crippen LogP contribution in [0, 0.1) is 5.92 Å². The standard InChI is InChI=1S/C22H25NO2/c1-15-10-12-16(13-11-15)23-22(24)25-14-21-19-8-4-2-6-17(19)18-7-3-5-9-20(18)21/h2-9,15-16,21H,10-14H2,1H3,(H,23,24)/t15-,16+. The van der Waals surface area contributed by atoms with E-state index in [0.29, 0.717) is 6.61 Å². The monoisotopic (exact) mass is 335 g/mol. The van der Waals surface area contributed by atoms with E-state index in [-0.39, 0.29) is 18.1 Å². The maximum Gasteiger partial charge on any atom is 0.407 e. The average molecular weight is 335 g/mol. The summed E-state index contributed by atoms with van der Waals surface area (Å²) in [5.74, 6) is 0.907. The van der Waals surface area contributed by atoms with Gasteiger partial charge in [-0.2, -0.15) is 0 Å². The van der Waals surface area contributed by atoms with Crippen molar-refractivity contribution in [1.82, 2.24) is 5.32 Å². The van der Waals surface area contributed by atoms with Crippen molar-refractivity contribution < 1.29 is 9.53 Å². The summed E-state index contributed by atoms with van der Waals surface area (Å²) >= 11 is 0. The third-order valence-corrected chi connectivity index (χ3v) is 5.68. The number of ether oxygens (including phenoxy) is 1. The lowest BCUT2D eigenvalue weighted by molar-refractivity contribution is 0.135. The number of hydrogen-bond acceptors (Lipinski definition) is 2. The number of hydrogen-bond donors (Lipinski definition) is 1. The Kier molecular flexibility index (Phi) is 4.48. The molecule has 1 amide bonds. The molecule has 0 unspecified atom stereocenters. The molecule has 2 aliphatic rings. The molecule has 0 bridgehead atoms. The van der Waals surface area contributed by atoms with E-state index in [1.165, 1.54) is 35.1 Å². The number of fused-ring (bicyclic) bond motifs is 3. The molecule has 0 aliphatic heterocycles. The van der Waals surface area contributed by atoms with Crippen LogP contribution in [0.4, 0.5) is 4.79 Å². The molecule has 2 aromatic carbocycles. The third-order valence-electron chi connectivity index (χ3n) is 5.68. The molecule has 4 rings (SSSR count). The fraction of sp³-hybridized carbons (Fsp3) is 0.409. The lowest BCUT2D eigenvalue weighted by Crippen LogP contribution is -2.38. The van der Waals surface area contributed by atoms with E-state index in [4.69, 9.17) is 4.74 Å². The van der Waals surface area contributed by atoms with E-state index < -0.39 is 0 Å². The smallest absolute Gasteiger partial charge is 0.407 e. The van der Waals surface area contributed by atoms with Crippen LogP contribution in [0.5, 0.6) is 0 Å². The first-order valence-electron chi connectivity index (χ1n) is 9.34. The lowest BCUT2D eigenvalue weighted by atomic mass is 9.87. The van der Waals surface area contributed by atoms with Crippen LogP contribution in [-0.4, -0.2) is 18.7 Å². The zero-order valence-corrected chi connectivity index (χ0v) is 14.7. The zero-order valence-electron chi connectivity index (χ0n) is 14.7. The largest absolute Gasteiger partial charge is 0.449 e. The molecule has 1 saturated carbocycles. The second-order valence-corrected chi connectivity index (χ2v) is 7.43. The molecule has 0 aromatic heterocycles. The van der Waals surface area contributed by atoms with Crippen molar-refractivity contribution in [2.75, 3.05) is 6.61 Å². The summed E-state index contributed by atoms with van der Waals surface area (Å²) in [6, 6.07) is 17.1. The van der Waals surface area contributed by atoms with Crippen molar-refractivity contribution in [3.63, 3.8) is 0 Å². The van der Waals surface area contributed by atoms with Gasteiger partial charge in [0.1, 0.15) is 6.61 Å². The predicted molar refractivity (Wildman–Crippen MR) is 99.6 cm³/mol. The highest BCUT2D eigenvalue weighted by atomic mass is 16.5. The second-order valence-electron chi connectivity index (χ2n) is 7.43. The van der Waals surface area contributed by atoms with Crippen LogP contribution in [0.1, 0.15) is 49.7 Å². The number of alkyl carbamates (subject to hydrolysis) is 1. The number of carbonyl (C=O) groups excluding carboxylic acids is 1. The molecule has 3 heteroatoms. The molecule has 0 heterocycles. The van der Waals surface area contributed by atoms with E-state index in [9.17, 15) is 4.79 Å². The first-order valence-corrected chi connectivity index (χ1v) is 9.34. The molecule has 2 aromatic rings. The lowest BCUT2D eigenvalue weighted by Gasteiger charge is -2.26. The molecule has 0 spiro atoms. The molecule has 3 nitrogen and oxygen atoms in total. The van der Waals surface area contributed by atoms with Gasteiger partial charge in [0.2, 0.25) is 0 Å². The summed E-state index contributed by atoms with van der Waals surface area (Å²) in [5, 5.41) is 3.05. The fourth-order valence-corrected chi connectivity index (χ4v) is 4.21. The number of rotatable bonds is 3. The van der Waals surface area contributed by atoms with Gasteiger partial charge < -0.3 is 10.1 Å². The van der Waals surface area contributed by atoms with Crippen LogP contribution in [0.3, 0.4) is 0 Å². The molecule has 0 saturated heterocycles. The Morgan fingerprint density at radius 1 is 0.960 bits per heavy atom. The quantitative estimate of drug-likeness (QED) is 0.847. The van der Waals surface area contributed by atoms with E-state index in [1.807, 2.05) is 0 Å². The van der Waals surface area contributed by atoms with Crippen LogP contribution in [0.25, 0.3) is 11.1 Å². The topological polar surface area (TPSA) is 38.3 Å². The molecule has 1 N–H and O–H groups in total. The number of carbonyl (C=O) groups is 1. The van der Waals surface area contributed by atoms with Gasteiger partial charge in [-0.1, -0.05) is 55.5 Å². The van der Waals surface area contributed by atoms with Gasteiger partial charge >= 0.3 is 6.09 Å². The highest BCUT2D eigenvalue weighted by Gasteiger charge is 2.29. The van der Waals surface area contributed by atoms with Crippen molar-refractivity contribution in [2.45, 2.75) is 44.6 Å². The SMILES string of the molecule is C[C@H]1CC[C@@H](NC(=O)OCC2c3ccccc3-c3ccccc32)CC1. The first-order chi connectivity index (χ1) is 12.2. The highest BCUT2D eigenvalue weighted by molar-refractivity contribution is 5.79. The Bertz CT molecular complexity index is 717. The van der Waals surface area contributed by atoms with E-state index in [0.717, 1.165) is 18.8 Å². The highest BCUT2D eigenvalue weighted by Crippen LogP contribution is 2.44. The van der Waals surface area contributed by atoms with Crippen LogP contribution < -0.4 is 5.32 Å². The minimum absolute atomic E-state index is 0.129. The van der Waals surface area contributed by atoms with Gasteiger partial charge in [-0.15, -0.1) is 0 Å². The number of nitrogens with one attached hydrogen (secondary N) is 1. The van der Waals surface area contributed by atoms with Crippen LogP contribution >= 0.6 is 0 Å². The number of amides is 1. The van der Waals surface area contributed by atoms with E-state index in [2.05, 4.69) is 60.8 Å². The van der Waals surface area contributed by atoms with Crippen LogP contribution in [0.15, 0.2) is 48.5 Å². The molecular formula is C22H25NO2. The Hall–Kier alpha value is -2.29. The minimum atomic E-state index is -0.276. The second kappa shape index (κ2) is 6.91. The van der Waals surface area contributed by atoms with Gasteiger partial charge in [-0.3, -0.25) is 0 Å². The van der Waals surface area contributed by atoms with Crippen molar-refractivity contribution in [2.24, 2.45) is 5.92 Å². The molecular weight excluding hydrogens is 310 g/mol. The molecule has 0 atom stereocenters. The van der Waals surface area contributed by atoms with Crippen LogP contribution in [0.2, 0.25) is 0 Å². The van der Waals surface area contributed by atoms with E-state index >= 15 is 0 Å². The maximum absolute atomic E-state index is 12.2. The summed E-state index contributed by atoms with van der Waals surface area (Å²) in [5.41, 5.74) is 5.02. The van der Waals surface area contributed by atoms with Gasteiger partial charge in [0.25, 0.3) is 0 Å². The van der Waals surface area contributed by atoms with Gasteiger partial charge in [0, 0.05) is 12.0 Å². The van der Waals surface area contributed by atoms with Crippen molar-refractivity contribution in [3.8, 4) is 11.1 Å². The molecule has 1 fully saturated rings. The average Bonchev–Trinajstić information content (AvgIpc) is 2.96. The van der Waals surface area contributed by atoms with Crippen molar-refractivity contribution >= 4 is 6.09 Å². The summed E-state index contributed by atoms with van der Waals surface area (Å²) in [6.07, 6.45) is 4.22. The minimum Gasteiger partial charge on any atom is -0.449 e.